The number of carboxylic acid groups (broad SMARTS) is 1. The molecule has 0 amide bonds. The molecule has 0 fully saturated rings. The lowest BCUT2D eigenvalue weighted by Crippen LogP contribution is -2.12. The number of aliphatic hydroxyl groups is 1. The number of carbonyl (C=O) groups excluding carboxylic acids is 1. The van der Waals surface area contributed by atoms with Crippen molar-refractivity contribution in [3.8, 4) is 5.75 Å². The highest BCUT2D eigenvalue weighted by Gasteiger charge is 2.33. The topological polar surface area (TPSA) is 105 Å². The molecule has 10 heteroatoms. The van der Waals surface area contributed by atoms with E-state index in [1.54, 1.807) is 49.4 Å². The molecule has 7 nitrogen and oxygen atoms in total. The maximum absolute atomic E-state index is 12.6. The van der Waals surface area contributed by atoms with Gasteiger partial charge in [-0.05, 0) is 60.5 Å². The normalized spacial score (nSPS) is 15.2. The van der Waals surface area contributed by atoms with Gasteiger partial charge in [0.15, 0.2) is 5.75 Å². The van der Waals surface area contributed by atoms with Gasteiger partial charge in [-0.3, -0.25) is 0 Å². The number of carbonyl (C=O) groups is 2. The Morgan fingerprint density at radius 2 is 1.68 bits per heavy atom. The molecule has 4 rings (SSSR count). The van der Waals surface area contributed by atoms with Crippen LogP contribution in [0, 0.1) is 0 Å². The van der Waals surface area contributed by atoms with Crippen LogP contribution in [0.25, 0.3) is 6.08 Å². The molecule has 0 aromatic heterocycles. The van der Waals surface area contributed by atoms with Gasteiger partial charge >= 0.3 is 11.9 Å². The number of rotatable bonds is 8. The minimum Gasteiger partial charge on any atom is -0.506 e. The molecule has 0 bridgehead atoms. The Kier molecular flexibility index (Phi) is 8.78. The summed E-state index contributed by atoms with van der Waals surface area (Å²) in [7, 11) is 0. The Bertz CT molecular complexity index is 1440. The summed E-state index contributed by atoms with van der Waals surface area (Å²) >= 11 is 14.0. The van der Waals surface area contributed by atoms with Crippen molar-refractivity contribution in [2.75, 3.05) is 6.61 Å². The number of esters is 1. The first-order valence-corrected chi connectivity index (χ1v) is 12.9. The van der Waals surface area contributed by atoms with Gasteiger partial charge in [0.1, 0.15) is 23.0 Å². The third-order valence-corrected chi connectivity index (χ3v) is 6.84. The smallest absolute Gasteiger partial charge is 0.344 e. The first-order chi connectivity index (χ1) is 18.3. The lowest BCUT2D eigenvalue weighted by molar-refractivity contribution is -0.138. The number of nitrogens with zero attached hydrogens (tertiary/aromatic N) is 1. The van der Waals surface area contributed by atoms with Gasteiger partial charge < -0.3 is 19.7 Å². The zero-order valence-corrected chi connectivity index (χ0v) is 22.3. The zero-order valence-electron chi connectivity index (χ0n) is 20.0. The van der Waals surface area contributed by atoms with Crippen molar-refractivity contribution >= 4 is 63.7 Å². The molecule has 1 aliphatic rings. The van der Waals surface area contributed by atoms with Crippen LogP contribution in [0.4, 0.5) is 5.69 Å². The molecule has 0 aliphatic carbocycles. The van der Waals surface area contributed by atoms with Crippen LogP contribution in [-0.2, 0) is 16.1 Å². The fraction of sp³-hybridized carbons (Fsp3) is 0.107. The number of benzene rings is 3. The van der Waals surface area contributed by atoms with Gasteiger partial charge in [0.05, 0.1) is 32.8 Å². The number of halogens is 2. The van der Waals surface area contributed by atoms with Gasteiger partial charge in [-0.15, -0.1) is 0 Å². The van der Waals surface area contributed by atoms with Gasteiger partial charge in [-0.1, -0.05) is 65.3 Å². The molecule has 3 aromatic rings. The highest BCUT2D eigenvalue weighted by molar-refractivity contribution is 8.18. The van der Waals surface area contributed by atoms with Gasteiger partial charge in [-0.2, -0.15) is 0 Å². The summed E-state index contributed by atoms with van der Waals surface area (Å²) in [5, 5.41) is 20.7. The molecule has 0 radical (unpaired) electrons. The number of aromatic carboxylic acids is 1. The van der Waals surface area contributed by atoms with Crippen molar-refractivity contribution in [3.63, 3.8) is 0 Å². The Morgan fingerprint density at radius 3 is 2.29 bits per heavy atom. The number of ether oxygens (including phenoxy) is 2. The van der Waals surface area contributed by atoms with Crippen LogP contribution in [0.2, 0.25) is 10.0 Å². The first kappa shape index (κ1) is 27.3. The Labute approximate surface area is 233 Å². The summed E-state index contributed by atoms with van der Waals surface area (Å²) in [5.74, 6) is -1.68. The molecule has 194 valence electrons. The van der Waals surface area contributed by atoms with Crippen molar-refractivity contribution < 1.29 is 29.3 Å². The number of aliphatic hydroxyl groups excluding tert-OH is 1. The molecule has 0 atom stereocenters. The molecule has 3 aromatic carbocycles. The third-order valence-electron chi connectivity index (χ3n) is 5.26. The van der Waals surface area contributed by atoms with Crippen molar-refractivity contribution in [3.05, 3.63) is 110 Å². The summed E-state index contributed by atoms with van der Waals surface area (Å²) in [5.41, 5.74) is 2.08. The van der Waals surface area contributed by atoms with Crippen LogP contribution >= 0.6 is 35.0 Å². The number of aliphatic imine (C=N–C) groups is 1. The van der Waals surface area contributed by atoms with Crippen LogP contribution < -0.4 is 4.74 Å². The molecule has 0 spiro atoms. The zero-order chi connectivity index (χ0) is 27.2. The van der Waals surface area contributed by atoms with E-state index in [1.165, 1.54) is 12.1 Å². The van der Waals surface area contributed by atoms with Crippen LogP contribution in [-0.4, -0.2) is 33.8 Å². The highest BCUT2D eigenvalue weighted by atomic mass is 35.5. The number of hydrogen-bond donors (Lipinski definition) is 2. The van der Waals surface area contributed by atoms with Gasteiger partial charge in [-0.25, -0.2) is 14.6 Å². The standard InChI is InChI=1S/C28H21Cl2NO6S/c1-2-36-28(35)23-24(32)22(38-26(23)31-19-6-4-3-5-7-19)14-17-12-20(29)25(21(30)13-17)37-15-16-8-10-18(11-9-16)27(33)34/h3-14,32H,2,15H2,1H3,(H,33,34)/b22-14-,31-26?. The van der Waals surface area contributed by atoms with E-state index >= 15 is 0 Å². The number of hydrogen-bond acceptors (Lipinski definition) is 7. The Hall–Kier alpha value is -3.72. The molecule has 0 saturated carbocycles. The Balaban J connectivity index is 1.59. The van der Waals surface area contributed by atoms with Crippen molar-refractivity contribution in [1.82, 2.24) is 0 Å². The van der Waals surface area contributed by atoms with Crippen LogP contribution in [0.1, 0.15) is 28.4 Å². The van der Waals surface area contributed by atoms with Crippen LogP contribution in [0.3, 0.4) is 0 Å². The predicted molar refractivity (Wildman–Crippen MR) is 150 cm³/mol. The lowest BCUT2D eigenvalue weighted by Gasteiger charge is -2.11. The molecule has 0 saturated heterocycles. The molecule has 38 heavy (non-hydrogen) atoms. The summed E-state index contributed by atoms with van der Waals surface area (Å²) in [4.78, 5) is 28.5. The van der Waals surface area contributed by atoms with Gasteiger partial charge in [0.25, 0.3) is 0 Å². The fourth-order valence-electron chi connectivity index (χ4n) is 3.46. The van der Waals surface area contributed by atoms with Crippen molar-refractivity contribution in [2.45, 2.75) is 13.5 Å². The second-order valence-corrected chi connectivity index (χ2v) is 9.76. The Morgan fingerprint density at radius 1 is 1.03 bits per heavy atom. The van der Waals surface area contributed by atoms with E-state index < -0.39 is 11.9 Å². The second-order valence-electron chi connectivity index (χ2n) is 7.91. The maximum atomic E-state index is 12.6. The number of carboxylic acids is 1. The minimum absolute atomic E-state index is 0.0157. The van der Waals surface area contributed by atoms with E-state index in [-0.39, 0.29) is 45.9 Å². The highest BCUT2D eigenvalue weighted by Crippen LogP contribution is 2.42. The van der Waals surface area contributed by atoms with E-state index in [0.29, 0.717) is 21.2 Å². The summed E-state index contributed by atoms with van der Waals surface area (Å²) in [6.45, 7) is 1.96. The second kappa shape index (κ2) is 12.2. The van der Waals surface area contributed by atoms with E-state index in [4.69, 9.17) is 37.8 Å². The van der Waals surface area contributed by atoms with E-state index in [9.17, 15) is 14.7 Å². The SMILES string of the molecule is CCOC(=O)C1=C(O)/C(=C/c2cc(Cl)c(OCc3ccc(C(=O)O)cc3)c(Cl)c2)SC1=Nc1ccccc1. The van der Waals surface area contributed by atoms with E-state index in [1.807, 2.05) is 18.2 Å². The number of thioether (sulfide) groups is 1. The van der Waals surface area contributed by atoms with Crippen LogP contribution in [0.15, 0.2) is 88.0 Å². The average molecular weight is 570 g/mol. The fourth-order valence-corrected chi connectivity index (χ4v) is 5.11. The molecule has 1 aliphatic heterocycles. The average Bonchev–Trinajstić information content (AvgIpc) is 3.18. The van der Waals surface area contributed by atoms with E-state index in [2.05, 4.69) is 4.99 Å². The van der Waals surface area contributed by atoms with Gasteiger partial charge in [0, 0.05) is 0 Å². The molecule has 2 N–H and O–H groups in total. The van der Waals surface area contributed by atoms with Crippen molar-refractivity contribution in [1.29, 1.82) is 0 Å². The predicted octanol–water partition coefficient (Wildman–Crippen LogP) is 7.46. The first-order valence-electron chi connectivity index (χ1n) is 11.3. The molecule has 1 heterocycles. The quantitative estimate of drug-likeness (QED) is 0.271. The summed E-state index contributed by atoms with van der Waals surface area (Å²) in [6.07, 6.45) is 1.64. The monoisotopic (exact) mass is 569 g/mol. The molecule has 0 unspecified atom stereocenters. The van der Waals surface area contributed by atoms with Crippen molar-refractivity contribution in [2.24, 2.45) is 4.99 Å². The number of para-hydroxylation sites is 1. The van der Waals surface area contributed by atoms with E-state index in [0.717, 1.165) is 17.3 Å². The lowest BCUT2D eigenvalue weighted by atomic mass is 10.1. The summed E-state index contributed by atoms with van der Waals surface area (Å²) < 4.78 is 10.9. The maximum Gasteiger partial charge on any atom is 0.344 e. The van der Waals surface area contributed by atoms with Gasteiger partial charge in [0.2, 0.25) is 0 Å². The minimum atomic E-state index is -1.01. The molecular weight excluding hydrogens is 549 g/mol. The largest absolute Gasteiger partial charge is 0.506 e. The third kappa shape index (κ3) is 6.39. The summed E-state index contributed by atoms with van der Waals surface area (Å²) in [6, 6.07) is 18.6. The van der Waals surface area contributed by atoms with Crippen LogP contribution in [0.5, 0.6) is 5.75 Å². The molecular formula is C28H21Cl2NO6S.